The second-order valence-corrected chi connectivity index (χ2v) is 3.53. The van der Waals surface area contributed by atoms with E-state index in [0.717, 1.165) is 5.56 Å². The van der Waals surface area contributed by atoms with E-state index in [-0.39, 0.29) is 6.42 Å². The standard InChI is InChI=1S/C10H11O5P/c11-9(12)6-3-7-1-4-8(5-2-7)10(13)15-16-14/h1-2,4-5,10,13H,3,6H2,(H,11,12). The van der Waals surface area contributed by atoms with E-state index in [1.807, 2.05) is 0 Å². The summed E-state index contributed by atoms with van der Waals surface area (Å²) in [4.78, 5) is 10.3. The first-order valence-corrected chi connectivity index (χ1v) is 5.33. The number of carbonyl (C=O) groups is 1. The maximum atomic E-state index is 10.3. The number of hydrogen-bond donors (Lipinski definition) is 2. The number of rotatable bonds is 6. The number of benzene rings is 1. The molecule has 86 valence electrons. The van der Waals surface area contributed by atoms with E-state index in [0.29, 0.717) is 12.0 Å². The van der Waals surface area contributed by atoms with Crippen LogP contribution in [-0.4, -0.2) is 16.2 Å². The predicted octanol–water partition coefficient (Wildman–Crippen LogP) is 1.92. The molecular weight excluding hydrogens is 231 g/mol. The lowest BCUT2D eigenvalue weighted by molar-refractivity contribution is -0.136. The minimum absolute atomic E-state index is 0.0670. The van der Waals surface area contributed by atoms with Gasteiger partial charge in [0.1, 0.15) is 0 Å². The largest absolute Gasteiger partial charge is 0.481 e. The summed E-state index contributed by atoms with van der Waals surface area (Å²) in [5.41, 5.74) is 1.33. The van der Waals surface area contributed by atoms with Crippen molar-refractivity contribution in [3.05, 3.63) is 35.4 Å². The van der Waals surface area contributed by atoms with Crippen LogP contribution in [0.15, 0.2) is 24.3 Å². The van der Waals surface area contributed by atoms with Crippen molar-refractivity contribution >= 4 is 14.7 Å². The van der Waals surface area contributed by atoms with Gasteiger partial charge in [-0.05, 0) is 12.0 Å². The Morgan fingerprint density at radius 1 is 1.38 bits per heavy atom. The molecule has 0 radical (unpaired) electrons. The summed E-state index contributed by atoms with van der Waals surface area (Å²) in [6.07, 6.45) is -0.725. The normalized spacial score (nSPS) is 12.6. The first-order valence-electron chi connectivity index (χ1n) is 4.60. The molecule has 0 amide bonds. The SMILES string of the molecule is O=POC(O)c1ccc(CCC(=O)O)cc1. The number of aryl methyl sites for hydroxylation is 1. The lowest BCUT2D eigenvalue weighted by Gasteiger charge is -2.07. The molecule has 0 heterocycles. The van der Waals surface area contributed by atoms with Crippen LogP contribution in [0.4, 0.5) is 0 Å². The molecule has 0 saturated carbocycles. The van der Waals surface area contributed by atoms with E-state index in [2.05, 4.69) is 4.52 Å². The van der Waals surface area contributed by atoms with Crippen LogP contribution < -0.4 is 0 Å². The summed E-state index contributed by atoms with van der Waals surface area (Å²) in [5, 5.41) is 17.8. The highest BCUT2D eigenvalue weighted by atomic mass is 31.1. The molecule has 5 nitrogen and oxygen atoms in total. The van der Waals surface area contributed by atoms with Crippen molar-refractivity contribution in [1.29, 1.82) is 0 Å². The first-order chi connectivity index (χ1) is 7.63. The molecule has 1 aromatic carbocycles. The molecule has 16 heavy (non-hydrogen) atoms. The molecule has 0 saturated heterocycles. The van der Waals surface area contributed by atoms with Gasteiger partial charge in [-0.3, -0.25) is 9.32 Å². The Morgan fingerprint density at radius 3 is 2.50 bits per heavy atom. The lowest BCUT2D eigenvalue weighted by Crippen LogP contribution is -1.99. The van der Waals surface area contributed by atoms with Crippen LogP contribution in [0.5, 0.6) is 0 Å². The Hall–Kier alpha value is -1.29. The Labute approximate surface area is 94.0 Å². The quantitative estimate of drug-likeness (QED) is 0.588. The number of hydrogen-bond acceptors (Lipinski definition) is 4. The van der Waals surface area contributed by atoms with E-state index in [4.69, 9.17) is 5.11 Å². The van der Waals surface area contributed by atoms with Gasteiger partial charge in [-0.2, -0.15) is 0 Å². The van der Waals surface area contributed by atoms with Crippen molar-refractivity contribution in [2.24, 2.45) is 0 Å². The minimum Gasteiger partial charge on any atom is -0.481 e. The van der Waals surface area contributed by atoms with Gasteiger partial charge in [-0.1, -0.05) is 24.3 Å². The van der Waals surface area contributed by atoms with Crippen LogP contribution in [0.3, 0.4) is 0 Å². The van der Waals surface area contributed by atoms with Crippen LogP contribution in [0.2, 0.25) is 0 Å². The van der Waals surface area contributed by atoms with Gasteiger partial charge in [0, 0.05) is 12.0 Å². The highest BCUT2D eigenvalue weighted by Gasteiger charge is 2.07. The van der Waals surface area contributed by atoms with E-state index in [1.54, 1.807) is 24.3 Å². The van der Waals surface area contributed by atoms with Crippen molar-refractivity contribution in [3.63, 3.8) is 0 Å². The number of aliphatic hydroxyl groups is 1. The fourth-order valence-electron chi connectivity index (χ4n) is 1.20. The molecule has 6 heteroatoms. The number of aliphatic hydroxyl groups excluding tert-OH is 1. The molecule has 1 unspecified atom stereocenters. The van der Waals surface area contributed by atoms with Gasteiger partial charge in [0.05, 0.1) is 0 Å². The van der Waals surface area contributed by atoms with Crippen molar-refractivity contribution in [1.82, 2.24) is 0 Å². The summed E-state index contributed by atoms with van der Waals surface area (Å²) < 4.78 is 14.5. The minimum atomic E-state index is -1.23. The van der Waals surface area contributed by atoms with E-state index < -0.39 is 20.9 Å². The first kappa shape index (κ1) is 12.8. The second kappa shape index (κ2) is 6.33. The summed E-state index contributed by atoms with van der Waals surface area (Å²) in [6, 6.07) is 6.61. The molecule has 1 atom stereocenters. The Balaban J connectivity index is 2.60. The summed E-state index contributed by atoms with van der Waals surface area (Å²) in [6.45, 7) is 0. The summed E-state index contributed by atoms with van der Waals surface area (Å²) >= 11 is 0. The molecule has 1 rings (SSSR count). The lowest BCUT2D eigenvalue weighted by atomic mass is 10.1. The van der Waals surface area contributed by atoms with Crippen LogP contribution in [-0.2, 0) is 20.3 Å². The van der Waals surface area contributed by atoms with Gasteiger partial charge in [-0.15, -0.1) is 0 Å². The average molecular weight is 242 g/mol. The maximum Gasteiger partial charge on any atom is 0.330 e. The van der Waals surface area contributed by atoms with Gasteiger partial charge in [-0.25, -0.2) is 4.57 Å². The van der Waals surface area contributed by atoms with Crippen LogP contribution in [0.1, 0.15) is 23.8 Å². The fraction of sp³-hybridized carbons (Fsp3) is 0.300. The monoisotopic (exact) mass is 242 g/mol. The molecular formula is C10H11O5P. The summed E-state index contributed by atoms with van der Waals surface area (Å²) in [7, 11) is -0.587. The summed E-state index contributed by atoms with van der Waals surface area (Å²) in [5.74, 6) is -0.849. The predicted molar refractivity (Wildman–Crippen MR) is 56.1 cm³/mol. The van der Waals surface area contributed by atoms with Gasteiger partial charge < -0.3 is 10.2 Å². The third kappa shape index (κ3) is 4.06. The fourth-order valence-corrected chi connectivity index (χ4v) is 1.41. The highest BCUT2D eigenvalue weighted by Crippen LogP contribution is 2.19. The van der Waals surface area contributed by atoms with Crippen molar-refractivity contribution in [2.45, 2.75) is 19.1 Å². The molecule has 0 aromatic heterocycles. The Morgan fingerprint density at radius 2 is 2.00 bits per heavy atom. The highest BCUT2D eigenvalue weighted by molar-refractivity contribution is 7.17. The van der Waals surface area contributed by atoms with Crippen molar-refractivity contribution in [2.75, 3.05) is 0 Å². The Bertz CT molecular complexity index is 362. The van der Waals surface area contributed by atoms with E-state index in [1.165, 1.54) is 0 Å². The van der Waals surface area contributed by atoms with Crippen molar-refractivity contribution < 1.29 is 24.1 Å². The molecule has 0 aliphatic carbocycles. The zero-order valence-electron chi connectivity index (χ0n) is 8.37. The molecule has 1 aromatic rings. The molecule has 0 aliphatic rings. The number of carboxylic acid groups (broad SMARTS) is 1. The molecule has 0 fully saturated rings. The Kier molecular flexibility index (Phi) is 5.05. The van der Waals surface area contributed by atoms with E-state index >= 15 is 0 Å². The van der Waals surface area contributed by atoms with Gasteiger partial charge in [0.2, 0.25) is 0 Å². The third-order valence-corrected chi connectivity index (χ3v) is 2.32. The number of carboxylic acids is 1. The zero-order chi connectivity index (χ0) is 12.0. The zero-order valence-corrected chi connectivity index (χ0v) is 9.26. The number of aliphatic carboxylic acids is 1. The van der Waals surface area contributed by atoms with Crippen LogP contribution in [0.25, 0.3) is 0 Å². The van der Waals surface area contributed by atoms with Crippen molar-refractivity contribution in [3.8, 4) is 0 Å². The van der Waals surface area contributed by atoms with Gasteiger partial charge in [0.15, 0.2) is 6.29 Å². The maximum absolute atomic E-state index is 10.3. The van der Waals surface area contributed by atoms with E-state index in [9.17, 15) is 14.5 Å². The van der Waals surface area contributed by atoms with Gasteiger partial charge >= 0.3 is 14.7 Å². The molecule has 0 spiro atoms. The third-order valence-electron chi connectivity index (χ3n) is 2.04. The smallest absolute Gasteiger partial charge is 0.330 e. The van der Waals surface area contributed by atoms with Gasteiger partial charge in [0.25, 0.3) is 0 Å². The topological polar surface area (TPSA) is 83.8 Å². The van der Waals surface area contributed by atoms with Crippen LogP contribution >= 0.6 is 8.69 Å². The second-order valence-electron chi connectivity index (χ2n) is 3.17. The molecule has 2 N–H and O–H groups in total. The average Bonchev–Trinajstić information content (AvgIpc) is 2.27. The molecule has 0 aliphatic heterocycles. The van der Waals surface area contributed by atoms with Crippen LogP contribution in [0, 0.1) is 0 Å². The molecule has 0 bridgehead atoms.